The van der Waals surface area contributed by atoms with Gasteiger partial charge in [0.05, 0.1) is 6.54 Å². The summed E-state index contributed by atoms with van der Waals surface area (Å²) in [5, 5.41) is 6.70. The molecule has 3 aromatic rings. The van der Waals surface area contributed by atoms with Crippen LogP contribution in [-0.2, 0) is 0 Å². The maximum atomic E-state index is 13.3. The number of hydrazone groups is 1. The molecular formula is C18H13FN2O2. The predicted octanol–water partition coefficient (Wildman–Crippen LogP) is 3.82. The third kappa shape index (κ3) is 2.50. The number of hydrogen-bond donors (Lipinski definition) is 0. The minimum atomic E-state index is -0.434. The minimum absolute atomic E-state index is 0.291. The molecule has 0 N–H and O–H groups in total. The van der Waals surface area contributed by atoms with Gasteiger partial charge in [-0.15, -0.1) is 0 Å². The van der Waals surface area contributed by atoms with Gasteiger partial charge in [-0.2, -0.15) is 5.10 Å². The number of amides is 1. The molecule has 0 radical (unpaired) electrons. The number of rotatable bonds is 2. The Balaban J connectivity index is 1.62. The quantitative estimate of drug-likeness (QED) is 0.722. The molecule has 1 aliphatic rings. The third-order valence-corrected chi connectivity index (χ3v) is 3.82. The van der Waals surface area contributed by atoms with Gasteiger partial charge in [0.2, 0.25) is 0 Å². The van der Waals surface area contributed by atoms with E-state index in [1.165, 1.54) is 23.2 Å². The Hall–Kier alpha value is -2.95. The van der Waals surface area contributed by atoms with Crippen molar-refractivity contribution in [1.82, 2.24) is 5.01 Å². The Kier molecular flexibility index (Phi) is 3.19. The highest BCUT2D eigenvalue weighted by molar-refractivity contribution is 6.04. The zero-order valence-corrected chi connectivity index (χ0v) is 12.2. The van der Waals surface area contributed by atoms with Crippen LogP contribution in [0.5, 0.6) is 0 Å². The zero-order valence-electron chi connectivity index (χ0n) is 12.2. The van der Waals surface area contributed by atoms with Gasteiger partial charge in [-0.3, -0.25) is 4.79 Å². The summed E-state index contributed by atoms with van der Waals surface area (Å²) in [5.74, 6) is -0.0760. The van der Waals surface area contributed by atoms with Crippen molar-refractivity contribution in [2.45, 2.75) is 6.42 Å². The lowest BCUT2D eigenvalue weighted by molar-refractivity contribution is 0.0778. The van der Waals surface area contributed by atoms with Crippen LogP contribution in [0.25, 0.3) is 11.0 Å². The van der Waals surface area contributed by atoms with Crippen LogP contribution in [0.3, 0.4) is 0 Å². The average Bonchev–Trinajstić information content (AvgIpc) is 3.20. The molecule has 0 unspecified atom stereocenters. The molecule has 1 aromatic heterocycles. The second kappa shape index (κ2) is 5.35. The first kappa shape index (κ1) is 13.7. The van der Waals surface area contributed by atoms with Crippen LogP contribution in [-0.4, -0.2) is 23.2 Å². The van der Waals surface area contributed by atoms with Crippen LogP contribution in [0.1, 0.15) is 22.5 Å². The fourth-order valence-electron chi connectivity index (χ4n) is 2.67. The van der Waals surface area contributed by atoms with Crippen molar-refractivity contribution in [2.75, 3.05) is 6.54 Å². The molecule has 1 amide bonds. The van der Waals surface area contributed by atoms with E-state index in [1.54, 1.807) is 6.07 Å². The van der Waals surface area contributed by atoms with Crippen molar-refractivity contribution in [2.24, 2.45) is 5.10 Å². The monoisotopic (exact) mass is 308 g/mol. The van der Waals surface area contributed by atoms with Crippen molar-refractivity contribution in [1.29, 1.82) is 0 Å². The molecular weight excluding hydrogens is 295 g/mol. The molecule has 2 aromatic carbocycles. The van der Waals surface area contributed by atoms with Gasteiger partial charge >= 0.3 is 0 Å². The highest BCUT2D eigenvalue weighted by Crippen LogP contribution is 2.23. The van der Waals surface area contributed by atoms with Crippen molar-refractivity contribution in [3.05, 3.63) is 71.7 Å². The molecule has 0 atom stereocenters. The van der Waals surface area contributed by atoms with Crippen LogP contribution in [0, 0.1) is 5.82 Å². The first-order valence-electron chi connectivity index (χ1n) is 7.34. The number of nitrogens with zero attached hydrogens (tertiary/aromatic N) is 2. The number of benzene rings is 2. The SMILES string of the molecule is O=C(c1cccc(F)c1)N1CCC(c2cc3ccccc3o2)=N1. The van der Waals surface area contributed by atoms with Gasteiger partial charge in [0.15, 0.2) is 5.76 Å². The van der Waals surface area contributed by atoms with E-state index in [4.69, 9.17) is 4.42 Å². The molecule has 0 spiro atoms. The fourth-order valence-corrected chi connectivity index (χ4v) is 2.67. The maximum absolute atomic E-state index is 13.3. The Labute approximate surface area is 131 Å². The first-order valence-corrected chi connectivity index (χ1v) is 7.34. The summed E-state index contributed by atoms with van der Waals surface area (Å²) < 4.78 is 19.0. The number of hydrogen-bond acceptors (Lipinski definition) is 3. The molecule has 5 heteroatoms. The minimum Gasteiger partial charge on any atom is -0.455 e. The van der Waals surface area contributed by atoms with E-state index in [9.17, 15) is 9.18 Å². The van der Waals surface area contributed by atoms with Crippen molar-refractivity contribution < 1.29 is 13.6 Å². The van der Waals surface area contributed by atoms with Gasteiger partial charge in [0, 0.05) is 17.4 Å². The number of carbonyl (C=O) groups is 1. The zero-order chi connectivity index (χ0) is 15.8. The number of carbonyl (C=O) groups excluding carboxylic acids is 1. The van der Waals surface area contributed by atoms with Crippen molar-refractivity contribution >= 4 is 22.6 Å². The normalized spacial score (nSPS) is 14.3. The van der Waals surface area contributed by atoms with Crippen molar-refractivity contribution in [3.63, 3.8) is 0 Å². The smallest absolute Gasteiger partial charge is 0.274 e. The van der Waals surface area contributed by atoms with E-state index >= 15 is 0 Å². The first-order chi connectivity index (χ1) is 11.2. The summed E-state index contributed by atoms with van der Waals surface area (Å²) in [7, 11) is 0. The van der Waals surface area contributed by atoms with Gasteiger partial charge in [0.25, 0.3) is 5.91 Å². The number of para-hydroxylation sites is 1. The molecule has 4 nitrogen and oxygen atoms in total. The third-order valence-electron chi connectivity index (χ3n) is 3.82. The molecule has 0 saturated heterocycles. The lowest BCUT2D eigenvalue weighted by Gasteiger charge is -2.10. The molecule has 1 aliphatic heterocycles. The maximum Gasteiger partial charge on any atom is 0.274 e. The van der Waals surface area contributed by atoms with Crippen LogP contribution >= 0.6 is 0 Å². The van der Waals surface area contributed by atoms with Gasteiger partial charge < -0.3 is 4.42 Å². The van der Waals surface area contributed by atoms with E-state index < -0.39 is 5.82 Å². The number of halogens is 1. The van der Waals surface area contributed by atoms with E-state index in [0.29, 0.717) is 24.3 Å². The Morgan fingerprint density at radius 1 is 1.13 bits per heavy atom. The van der Waals surface area contributed by atoms with Crippen molar-refractivity contribution in [3.8, 4) is 0 Å². The van der Waals surface area contributed by atoms with E-state index in [-0.39, 0.29) is 5.91 Å². The second-order valence-corrected chi connectivity index (χ2v) is 5.38. The highest BCUT2D eigenvalue weighted by Gasteiger charge is 2.24. The van der Waals surface area contributed by atoms with Gasteiger partial charge in [-0.25, -0.2) is 9.40 Å². The fraction of sp³-hybridized carbons (Fsp3) is 0.111. The molecule has 2 heterocycles. The molecule has 0 bridgehead atoms. The van der Waals surface area contributed by atoms with E-state index in [1.807, 2.05) is 30.3 Å². The van der Waals surface area contributed by atoms with E-state index in [2.05, 4.69) is 5.10 Å². The van der Waals surface area contributed by atoms with Crippen LogP contribution < -0.4 is 0 Å². The van der Waals surface area contributed by atoms with Crippen LogP contribution in [0.15, 0.2) is 64.1 Å². The number of fused-ring (bicyclic) bond motifs is 1. The van der Waals surface area contributed by atoms with Gasteiger partial charge in [-0.1, -0.05) is 24.3 Å². The summed E-state index contributed by atoms with van der Waals surface area (Å²) in [5.41, 5.74) is 1.81. The lowest BCUT2D eigenvalue weighted by Crippen LogP contribution is -2.23. The van der Waals surface area contributed by atoms with Gasteiger partial charge in [0.1, 0.15) is 17.1 Å². The molecule has 4 rings (SSSR count). The summed E-state index contributed by atoms with van der Waals surface area (Å²) in [4.78, 5) is 12.4. The lowest BCUT2D eigenvalue weighted by atomic mass is 10.2. The summed E-state index contributed by atoms with van der Waals surface area (Å²) in [6, 6.07) is 15.3. The Morgan fingerprint density at radius 2 is 2.00 bits per heavy atom. The second-order valence-electron chi connectivity index (χ2n) is 5.38. The molecule has 0 fully saturated rings. The van der Waals surface area contributed by atoms with Crippen LogP contribution in [0.2, 0.25) is 0 Å². The Bertz CT molecular complexity index is 896. The topological polar surface area (TPSA) is 45.8 Å². The highest BCUT2D eigenvalue weighted by atomic mass is 19.1. The summed E-state index contributed by atoms with van der Waals surface area (Å²) in [6.45, 7) is 0.460. The number of furan rings is 1. The molecule has 23 heavy (non-hydrogen) atoms. The van der Waals surface area contributed by atoms with E-state index in [0.717, 1.165) is 16.7 Å². The summed E-state index contributed by atoms with van der Waals surface area (Å²) in [6.07, 6.45) is 0.612. The van der Waals surface area contributed by atoms with Gasteiger partial charge in [-0.05, 0) is 30.3 Å². The summed E-state index contributed by atoms with van der Waals surface area (Å²) >= 11 is 0. The van der Waals surface area contributed by atoms with Crippen LogP contribution in [0.4, 0.5) is 4.39 Å². The average molecular weight is 308 g/mol. The Morgan fingerprint density at radius 3 is 2.83 bits per heavy atom. The molecule has 0 aliphatic carbocycles. The largest absolute Gasteiger partial charge is 0.455 e. The predicted molar refractivity (Wildman–Crippen MR) is 84.8 cm³/mol. The standard InChI is InChI=1S/C18H13FN2O2/c19-14-6-3-5-13(10-14)18(22)21-9-8-15(20-21)17-11-12-4-1-2-7-16(12)23-17/h1-7,10-11H,8-9H2. The molecule has 0 saturated carbocycles. The molecule has 114 valence electrons.